The van der Waals surface area contributed by atoms with Crippen molar-refractivity contribution in [3.8, 4) is 11.5 Å². The van der Waals surface area contributed by atoms with E-state index in [1.807, 2.05) is 0 Å². The third kappa shape index (κ3) is 5.13. The van der Waals surface area contributed by atoms with Crippen molar-refractivity contribution < 1.29 is 28.7 Å². The second-order valence-corrected chi connectivity index (χ2v) is 6.66. The number of carbonyl (C=O) groups is 2. The molecule has 0 aliphatic carbocycles. The van der Waals surface area contributed by atoms with Crippen molar-refractivity contribution in [2.45, 2.75) is 12.5 Å². The van der Waals surface area contributed by atoms with Crippen molar-refractivity contribution in [3.63, 3.8) is 0 Å². The third-order valence-electron chi connectivity index (χ3n) is 4.17. The van der Waals surface area contributed by atoms with E-state index in [1.54, 1.807) is 30.7 Å². The Hall–Kier alpha value is -3.44. The lowest BCUT2D eigenvalue weighted by atomic mass is 9.99. The molecule has 156 valence electrons. The minimum absolute atomic E-state index is 0.133. The molecule has 1 saturated heterocycles. The van der Waals surface area contributed by atoms with E-state index in [4.69, 9.17) is 35.9 Å². The van der Waals surface area contributed by atoms with Crippen molar-refractivity contribution >= 4 is 23.5 Å². The lowest BCUT2D eigenvalue weighted by Crippen LogP contribution is -2.44. The molecule has 0 amide bonds. The van der Waals surface area contributed by atoms with E-state index < -0.39 is 11.9 Å². The molecule has 0 bridgehead atoms. The van der Waals surface area contributed by atoms with Gasteiger partial charge in [-0.3, -0.25) is 9.88 Å². The summed E-state index contributed by atoms with van der Waals surface area (Å²) in [5.74, 6) is -2.81. The molecule has 0 atom stereocenters. The SMILES string of the molecule is Fc1cccc(Cl)c1CN1CC(c2nc(-c3cnccn3)no2)C1.O=C(O)C(=O)O. The lowest BCUT2D eigenvalue weighted by molar-refractivity contribution is -0.159. The number of carboxylic acid groups (broad SMARTS) is 2. The van der Waals surface area contributed by atoms with Crippen molar-refractivity contribution in [2.24, 2.45) is 0 Å². The minimum Gasteiger partial charge on any atom is -0.473 e. The van der Waals surface area contributed by atoms with E-state index in [9.17, 15) is 4.39 Å². The van der Waals surface area contributed by atoms with Gasteiger partial charge in [0.2, 0.25) is 11.7 Å². The van der Waals surface area contributed by atoms with Gasteiger partial charge in [0, 0.05) is 42.6 Å². The summed E-state index contributed by atoms with van der Waals surface area (Å²) in [6.07, 6.45) is 4.75. The van der Waals surface area contributed by atoms with Crippen LogP contribution in [0.1, 0.15) is 17.4 Å². The highest BCUT2D eigenvalue weighted by Gasteiger charge is 2.33. The van der Waals surface area contributed by atoms with Gasteiger partial charge in [0.1, 0.15) is 11.5 Å². The number of likely N-dealkylation sites (tertiary alicyclic amines) is 1. The van der Waals surface area contributed by atoms with Gasteiger partial charge in [-0.15, -0.1) is 0 Å². The summed E-state index contributed by atoms with van der Waals surface area (Å²) in [4.78, 5) is 32.8. The first kappa shape index (κ1) is 21.3. The predicted molar refractivity (Wildman–Crippen MR) is 100 cm³/mol. The molecule has 0 unspecified atom stereocenters. The van der Waals surface area contributed by atoms with Crippen molar-refractivity contribution in [3.05, 3.63) is 59.1 Å². The third-order valence-corrected chi connectivity index (χ3v) is 4.52. The smallest absolute Gasteiger partial charge is 0.414 e. The van der Waals surface area contributed by atoms with Crippen LogP contribution in [0.25, 0.3) is 11.5 Å². The molecule has 30 heavy (non-hydrogen) atoms. The molecule has 3 aromatic rings. The Labute approximate surface area is 173 Å². The van der Waals surface area contributed by atoms with E-state index in [-0.39, 0.29) is 11.7 Å². The molecule has 1 aromatic carbocycles. The zero-order chi connectivity index (χ0) is 21.7. The maximum atomic E-state index is 13.8. The van der Waals surface area contributed by atoms with Crippen LogP contribution in [-0.4, -0.2) is 60.2 Å². The molecule has 4 rings (SSSR count). The topological polar surface area (TPSA) is 143 Å². The van der Waals surface area contributed by atoms with Crippen LogP contribution in [0.15, 0.2) is 41.3 Å². The van der Waals surface area contributed by atoms with Crippen LogP contribution < -0.4 is 0 Å². The monoisotopic (exact) mass is 435 g/mol. The van der Waals surface area contributed by atoms with Gasteiger partial charge in [-0.05, 0) is 12.1 Å². The Bertz CT molecular complexity index is 1010. The van der Waals surface area contributed by atoms with Gasteiger partial charge >= 0.3 is 11.9 Å². The molecule has 12 heteroatoms. The summed E-state index contributed by atoms with van der Waals surface area (Å²) >= 11 is 6.06. The fourth-order valence-corrected chi connectivity index (χ4v) is 2.90. The second kappa shape index (κ2) is 9.37. The summed E-state index contributed by atoms with van der Waals surface area (Å²) in [6, 6.07) is 4.72. The van der Waals surface area contributed by atoms with Crippen LogP contribution in [0.3, 0.4) is 0 Å². The first-order valence-corrected chi connectivity index (χ1v) is 8.94. The van der Waals surface area contributed by atoms with E-state index in [1.165, 1.54) is 6.07 Å². The van der Waals surface area contributed by atoms with E-state index in [0.29, 0.717) is 47.6 Å². The molecule has 3 heterocycles. The average molecular weight is 436 g/mol. The Morgan fingerprint density at radius 3 is 2.57 bits per heavy atom. The molecule has 1 aliphatic heterocycles. The van der Waals surface area contributed by atoms with Gasteiger partial charge in [-0.2, -0.15) is 4.98 Å². The summed E-state index contributed by atoms with van der Waals surface area (Å²) in [7, 11) is 0. The molecular weight excluding hydrogens is 421 g/mol. The van der Waals surface area contributed by atoms with Gasteiger partial charge < -0.3 is 14.7 Å². The van der Waals surface area contributed by atoms with Gasteiger partial charge in [0.25, 0.3) is 0 Å². The molecule has 10 nitrogen and oxygen atoms in total. The summed E-state index contributed by atoms with van der Waals surface area (Å²) in [5, 5.41) is 19.2. The number of benzene rings is 1. The molecule has 1 fully saturated rings. The normalized spacial score (nSPS) is 13.8. The number of halogens is 2. The van der Waals surface area contributed by atoms with Crippen LogP contribution in [-0.2, 0) is 16.1 Å². The van der Waals surface area contributed by atoms with Gasteiger partial charge in [0.15, 0.2) is 0 Å². The van der Waals surface area contributed by atoms with Crippen LogP contribution in [0, 0.1) is 5.82 Å². The predicted octanol–water partition coefficient (Wildman–Crippen LogP) is 2.07. The fraction of sp³-hybridized carbons (Fsp3) is 0.222. The van der Waals surface area contributed by atoms with Crippen LogP contribution in [0.5, 0.6) is 0 Å². The Morgan fingerprint density at radius 1 is 1.23 bits per heavy atom. The van der Waals surface area contributed by atoms with Gasteiger partial charge in [-0.1, -0.05) is 22.8 Å². The number of carboxylic acids is 2. The molecular formula is C18H15ClFN5O5. The van der Waals surface area contributed by atoms with Gasteiger partial charge in [0.05, 0.1) is 12.1 Å². The maximum absolute atomic E-state index is 13.8. The molecule has 0 spiro atoms. The number of nitrogens with zero attached hydrogens (tertiary/aromatic N) is 5. The largest absolute Gasteiger partial charge is 0.473 e. The van der Waals surface area contributed by atoms with Gasteiger partial charge in [-0.25, -0.2) is 19.0 Å². The molecule has 1 aliphatic rings. The number of aliphatic carboxylic acids is 2. The van der Waals surface area contributed by atoms with Crippen LogP contribution >= 0.6 is 11.6 Å². The maximum Gasteiger partial charge on any atom is 0.414 e. The van der Waals surface area contributed by atoms with Crippen molar-refractivity contribution in [2.75, 3.05) is 13.1 Å². The number of hydrogen-bond donors (Lipinski definition) is 2. The Kier molecular flexibility index (Phi) is 6.65. The first-order chi connectivity index (χ1) is 14.3. The highest BCUT2D eigenvalue weighted by atomic mass is 35.5. The standard InChI is InChI=1S/C16H13ClFN5O.C2H2O4/c17-12-2-1-3-13(18)11(12)9-23-7-10(8-23)16-21-15(22-24-16)14-6-19-4-5-20-14;3-1(4)2(5)6/h1-6,10H,7-9H2;(H,3,4)(H,5,6). The van der Waals surface area contributed by atoms with Crippen molar-refractivity contribution in [1.82, 2.24) is 25.0 Å². The second-order valence-electron chi connectivity index (χ2n) is 6.25. The quantitative estimate of drug-likeness (QED) is 0.584. The van der Waals surface area contributed by atoms with E-state index in [2.05, 4.69) is 25.0 Å². The first-order valence-electron chi connectivity index (χ1n) is 8.56. The summed E-state index contributed by atoms with van der Waals surface area (Å²) in [6.45, 7) is 1.90. The highest BCUT2D eigenvalue weighted by molar-refractivity contribution is 6.31. The number of rotatable bonds is 4. The van der Waals surface area contributed by atoms with E-state index >= 15 is 0 Å². The Morgan fingerprint density at radius 2 is 1.97 bits per heavy atom. The number of hydrogen-bond acceptors (Lipinski definition) is 8. The number of aromatic nitrogens is 4. The fourth-order valence-electron chi connectivity index (χ4n) is 2.68. The van der Waals surface area contributed by atoms with Crippen molar-refractivity contribution in [1.29, 1.82) is 0 Å². The zero-order valence-corrected chi connectivity index (χ0v) is 16.0. The summed E-state index contributed by atoms with van der Waals surface area (Å²) in [5.41, 5.74) is 1.09. The van der Waals surface area contributed by atoms with Crippen LogP contribution in [0.4, 0.5) is 4.39 Å². The van der Waals surface area contributed by atoms with Crippen LogP contribution in [0.2, 0.25) is 5.02 Å². The molecule has 2 aromatic heterocycles. The average Bonchev–Trinajstić information content (AvgIpc) is 3.17. The zero-order valence-electron chi connectivity index (χ0n) is 15.3. The minimum atomic E-state index is -1.82. The summed E-state index contributed by atoms with van der Waals surface area (Å²) < 4.78 is 19.1. The lowest BCUT2D eigenvalue weighted by Gasteiger charge is -2.37. The van der Waals surface area contributed by atoms with E-state index in [0.717, 1.165) is 0 Å². The highest BCUT2D eigenvalue weighted by Crippen LogP contribution is 2.30. The Balaban J connectivity index is 0.000000377. The molecule has 0 saturated carbocycles. The molecule has 0 radical (unpaired) electrons. The molecule has 2 N–H and O–H groups in total.